The van der Waals surface area contributed by atoms with Crippen LogP contribution in [0.1, 0.15) is 40.0 Å². The average Bonchev–Trinajstić information content (AvgIpc) is 2.52. The first-order chi connectivity index (χ1) is 9.53. The summed E-state index contributed by atoms with van der Waals surface area (Å²) < 4.78 is 5.22. The standard InChI is InChI=1S/C15H24O6/c1-8-4-9(16)15(20)12(2)7-21-11(18)6-14(8,15)5-10(17)13(12,3)19/h8-10,16-17,19-20H,4-7H2,1-3H3/t8-,9+,10-,12-,13+,14-,15+/m1/s1. The molecule has 3 fully saturated rings. The van der Waals surface area contributed by atoms with E-state index in [4.69, 9.17) is 4.74 Å². The van der Waals surface area contributed by atoms with Gasteiger partial charge >= 0.3 is 5.97 Å². The lowest BCUT2D eigenvalue weighted by atomic mass is 9.45. The Morgan fingerprint density at radius 2 is 1.81 bits per heavy atom. The third kappa shape index (κ3) is 1.40. The average molecular weight is 300 g/mol. The van der Waals surface area contributed by atoms with Crippen molar-refractivity contribution in [3.05, 3.63) is 0 Å². The molecule has 3 rings (SSSR count). The lowest BCUT2D eigenvalue weighted by molar-refractivity contribution is -0.315. The second-order valence-electron chi connectivity index (χ2n) is 7.61. The summed E-state index contributed by atoms with van der Waals surface area (Å²) in [6.45, 7) is 4.67. The smallest absolute Gasteiger partial charge is 0.306 e. The highest BCUT2D eigenvalue weighted by atomic mass is 16.5. The Bertz CT molecular complexity index is 491. The van der Waals surface area contributed by atoms with Gasteiger partial charge in [0.25, 0.3) is 0 Å². The van der Waals surface area contributed by atoms with Crippen molar-refractivity contribution in [3.8, 4) is 0 Å². The molecule has 1 saturated heterocycles. The third-order valence-corrected chi connectivity index (χ3v) is 6.91. The Labute approximate surface area is 123 Å². The molecule has 3 aliphatic rings. The Balaban J connectivity index is 2.29. The maximum absolute atomic E-state index is 12.0. The van der Waals surface area contributed by atoms with Gasteiger partial charge in [0.05, 0.1) is 29.6 Å². The summed E-state index contributed by atoms with van der Waals surface area (Å²) in [5, 5.41) is 43.3. The van der Waals surface area contributed by atoms with Gasteiger partial charge < -0.3 is 25.2 Å². The lowest BCUT2D eigenvalue weighted by Gasteiger charge is -2.63. The van der Waals surface area contributed by atoms with Crippen LogP contribution in [0.2, 0.25) is 0 Å². The van der Waals surface area contributed by atoms with Gasteiger partial charge in [0, 0.05) is 5.41 Å². The molecule has 6 nitrogen and oxygen atoms in total. The minimum atomic E-state index is -1.67. The topological polar surface area (TPSA) is 107 Å². The second kappa shape index (κ2) is 3.98. The zero-order valence-corrected chi connectivity index (χ0v) is 12.7. The molecule has 120 valence electrons. The Kier molecular flexibility index (Phi) is 2.89. The first kappa shape index (κ1) is 15.2. The molecule has 1 aliphatic heterocycles. The van der Waals surface area contributed by atoms with Crippen molar-refractivity contribution in [2.24, 2.45) is 16.7 Å². The first-order valence-corrected chi connectivity index (χ1v) is 7.49. The number of cyclic esters (lactones) is 1. The van der Waals surface area contributed by atoms with Gasteiger partial charge in [-0.15, -0.1) is 0 Å². The summed E-state index contributed by atoms with van der Waals surface area (Å²) in [7, 11) is 0. The Morgan fingerprint density at radius 1 is 1.19 bits per heavy atom. The molecule has 0 amide bonds. The minimum Gasteiger partial charge on any atom is -0.465 e. The molecule has 0 aromatic carbocycles. The highest BCUT2D eigenvalue weighted by Crippen LogP contribution is 2.69. The third-order valence-electron chi connectivity index (χ3n) is 6.91. The van der Waals surface area contributed by atoms with Crippen LogP contribution in [0.4, 0.5) is 0 Å². The molecule has 2 aliphatic carbocycles. The van der Waals surface area contributed by atoms with Crippen molar-refractivity contribution in [2.45, 2.75) is 63.4 Å². The van der Waals surface area contributed by atoms with E-state index in [0.29, 0.717) is 6.42 Å². The van der Waals surface area contributed by atoms with Crippen LogP contribution in [-0.2, 0) is 9.53 Å². The lowest BCUT2D eigenvalue weighted by Crippen LogP contribution is -2.76. The van der Waals surface area contributed by atoms with Crippen molar-refractivity contribution in [1.82, 2.24) is 0 Å². The molecule has 0 unspecified atom stereocenters. The van der Waals surface area contributed by atoms with E-state index in [2.05, 4.69) is 0 Å². The van der Waals surface area contributed by atoms with Gasteiger partial charge in [0.2, 0.25) is 0 Å². The van der Waals surface area contributed by atoms with Crippen molar-refractivity contribution in [2.75, 3.05) is 6.61 Å². The number of hydrogen-bond donors (Lipinski definition) is 4. The fourth-order valence-corrected chi connectivity index (χ4v) is 5.18. The Hall–Kier alpha value is -0.690. The van der Waals surface area contributed by atoms with Gasteiger partial charge in [-0.25, -0.2) is 0 Å². The van der Waals surface area contributed by atoms with E-state index < -0.39 is 40.2 Å². The number of carbonyl (C=O) groups excluding carboxylic acids is 1. The molecule has 21 heavy (non-hydrogen) atoms. The second-order valence-corrected chi connectivity index (χ2v) is 7.61. The molecule has 4 N–H and O–H groups in total. The highest BCUT2D eigenvalue weighted by Gasteiger charge is 2.79. The van der Waals surface area contributed by atoms with Crippen LogP contribution < -0.4 is 0 Å². The van der Waals surface area contributed by atoms with E-state index in [1.54, 1.807) is 6.92 Å². The van der Waals surface area contributed by atoms with Gasteiger partial charge in [0.1, 0.15) is 12.2 Å². The molecule has 0 spiro atoms. The van der Waals surface area contributed by atoms with E-state index in [9.17, 15) is 25.2 Å². The van der Waals surface area contributed by atoms with Gasteiger partial charge in [-0.2, -0.15) is 0 Å². The van der Waals surface area contributed by atoms with Crippen molar-refractivity contribution >= 4 is 5.97 Å². The summed E-state index contributed by atoms with van der Waals surface area (Å²) in [5.41, 5.74) is -5.65. The number of rotatable bonds is 0. The van der Waals surface area contributed by atoms with E-state index in [-0.39, 0.29) is 25.4 Å². The van der Waals surface area contributed by atoms with E-state index in [1.807, 2.05) is 6.92 Å². The zero-order chi connectivity index (χ0) is 15.8. The van der Waals surface area contributed by atoms with Crippen LogP contribution in [0.5, 0.6) is 0 Å². The number of esters is 1. The van der Waals surface area contributed by atoms with Crippen LogP contribution >= 0.6 is 0 Å². The van der Waals surface area contributed by atoms with E-state index in [1.165, 1.54) is 6.92 Å². The first-order valence-electron chi connectivity index (χ1n) is 7.49. The largest absolute Gasteiger partial charge is 0.465 e. The van der Waals surface area contributed by atoms with E-state index >= 15 is 0 Å². The van der Waals surface area contributed by atoms with Crippen LogP contribution in [0, 0.1) is 16.7 Å². The molecule has 0 aromatic rings. The van der Waals surface area contributed by atoms with Gasteiger partial charge in [-0.05, 0) is 25.7 Å². The molecular formula is C15H24O6. The van der Waals surface area contributed by atoms with Crippen LogP contribution in [0.15, 0.2) is 0 Å². The molecule has 2 saturated carbocycles. The summed E-state index contributed by atoms with van der Waals surface area (Å²) >= 11 is 0. The molecule has 7 atom stereocenters. The fourth-order valence-electron chi connectivity index (χ4n) is 5.18. The summed E-state index contributed by atoms with van der Waals surface area (Å²) in [5.74, 6) is -0.615. The van der Waals surface area contributed by atoms with Gasteiger partial charge in [-0.3, -0.25) is 4.79 Å². The zero-order valence-electron chi connectivity index (χ0n) is 12.7. The predicted octanol–water partition coefficient (Wildman–Crippen LogP) is -0.427. The summed E-state index contributed by atoms with van der Waals surface area (Å²) in [6.07, 6.45) is -1.80. The normalized spacial score (nSPS) is 60.1. The quantitative estimate of drug-likeness (QED) is 0.452. The van der Waals surface area contributed by atoms with Crippen molar-refractivity contribution in [1.29, 1.82) is 0 Å². The maximum atomic E-state index is 12.0. The van der Waals surface area contributed by atoms with Gasteiger partial charge in [0.15, 0.2) is 0 Å². The number of aliphatic hydroxyl groups excluding tert-OH is 2. The summed E-state index contributed by atoms with van der Waals surface area (Å²) in [4.78, 5) is 12.0. The molecule has 1 heterocycles. The monoisotopic (exact) mass is 300 g/mol. The predicted molar refractivity (Wildman–Crippen MR) is 72.1 cm³/mol. The molecular weight excluding hydrogens is 276 g/mol. The van der Waals surface area contributed by atoms with Gasteiger partial charge in [-0.1, -0.05) is 13.8 Å². The fraction of sp³-hybridized carbons (Fsp3) is 0.933. The van der Waals surface area contributed by atoms with Crippen LogP contribution in [-0.4, -0.2) is 56.4 Å². The number of aliphatic hydroxyl groups is 4. The summed E-state index contributed by atoms with van der Waals surface area (Å²) in [6, 6.07) is 0. The SMILES string of the molecule is C[C@@H]1C[C@H](O)[C@@]2(O)[C@]13CC(=O)OC[C@]2(C)[C@@](C)(O)[C@H](O)C3. The maximum Gasteiger partial charge on any atom is 0.306 e. The number of ether oxygens (including phenoxy) is 1. The van der Waals surface area contributed by atoms with Crippen LogP contribution in [0.3, 0.4) is 0 Å². The minimum absolute atomic E-state index is 0.0511. The Morgan fingerprint density at radius 3 is 2.43 bits per heavy atom. The number of hydrogen-bond acceptors (Lipinski definition) is 6. The van der Waals surface area contributed by atoms with Crippen molar-refractivity contribution in [3.63, 3.8) is 0 Å². The molecule has 2 bridgehead atoms. The molecule has 0 aromatic heterocycles. The van der Waals surface area contributed by atoms with Crippen molar-refractivity contribution < 1.29 is 30.0 Å². The molecule has 0 radical (unpaired) electrons. The number of carbonyl (C=O) groups is 1. The highest BCUT2D eigenvalue weighted by molar-refractivity contribution is 5.72. The molecule has 6 heteroatoms. The van der Waals surface area contributed by atoms with E-state index in [0.717, 1.165) is 0 Å². The van der Waals surface area contributed by atoms with Crippen LogP contribution in [0.25, 0.3) is 0 Å².